The molecule has 126 valence electrons. The van der Waals surface area contributed by atoms with Crippen molar-refractivity contribution in [1.29, 1.82) is 0 Å². The third-order valence-corrected chi connectivity index (χ3v) is 4.04. The summed E-state index contributed by atoms with van der Waals surface area (Å²) < 4.78 is 11.2. The molecular formula is C19H17N3O3. The van der Waals surface area contributed by atoms with Crippen molar-refractivity contribution in [2.24, 2.45) is 0 Å². The van der Waals surface area contributed by atoms with Crippen molar-refractivity contribution in [3.8, 4) is 11.5 Å². The second kappa shape index (κ2) is 6.24. The lowest BCUT2D eigenvalue weighted by Crippen LogP contribution is -2.48. The molecule has 0 bridgehead atoms. The zero-order chi connectivity index (χ0) is 17.2. The number of hydrogen-bond acceptors (Lipinski definition) is 4. The number of fused-ring (bicyclic) bond motifs is 2. The largest absolute Gasteiger partial charge is 0.485 e. The van der Waals surface area contributed by atoms with Gasteiger partial charge in [-0.15, -0.1) is 0 Å². The van der Waals surface area contributed by atoms with Gasteiger partial charge in [-0.3, -0.25) is 10.2 Å². The van der Waals surface area contributed by atoms with E-state index < -0.39 is 6.10 Å². The maximum atomic E-state index is 12.3. The predicted octanol–water partition coefficient (Wildman–Crippen LogP) is 0.777. The Hall–Kier alpha value is -3.41. The van der Waals surface area contributed by atoms with E-state index in [4.69, 9.17) is 9.47 Å². The van der Waals surface area contributed by atoms with Crippen LogP contribution in [-0.4, -0.2) is 23.6 Å². The van der Waals surface area contributed by atoms with E-state index in [-0.39, 0.29) is 12.5 Å². The van der Waals surface area contributed by atoms with E-state index in [1.165, 1.54) is 0 Å². The molecule has 3 aromatic rings. The van der Waals surface area contributed by atoms with Crippen LogP contribution in [0.4, 0.5) is 0 Å². The number of nitrogens with one attached hydrogen (secondary N) is 3. The normalized spacial score (nSPS) is 16.6. The van der Waals surface area contributed by atoms with Gasteiger partial charge in [0.25, 0.3) is 5.91 Å². The Morgan fingerprint density at radius 2 is 1.92 bits per heavy atom. The van der Waals surface area contributed by atoms with Crippen LogP contribution in [0.15, 0.2) is 48.5 Å². The number of aromatic amines is 1. The SMILES string of the molecule is C=c1[nH]c2ccccc2/c1=C\NNC(=O)[C@H]1COc2ccccc2O1. The third kappa shape index (κ3) is 2.89. The number of para-hydroxylation sites is 3. The Bertz CT molecular complexity index is 1040. The summed E-state index contributed by atoms with van der Waals surface area (Å²) in [5.74, 6) is 0.900. The Labute approximate surface area is 143 Å². The fourth-order valence-corrected chi connectivity index (χ4v) is 2.79. The van der Waals surface area contributed by atoms with E-state index >= 15 is 0 Å². The molecule has 1 aliphatic rings. The van der Waals surface area contributed by atoms with E-state index in [1.54, 1.807) is 12.3 Å². The summed E-state index contributed by atoms with van der Waals surface area (Å²) in [4.78, 5) is 15.5. The van der Waals surface area contributed by atoms with Gasteiger partial charge in [-0.25, -0.2) is 0 Å². The molecule has 1 atom stereocenters. The molecule has 25 heavy (non-hydrogen) atoms. The molecule has 6 heteroatoms. The molecule has 1 aromatic heterocycles. The number of ether oxygens (including phenoxy) is 2. The topological polar surface area (TPSA) is 75.4 Å². The summed E-state index contributed by atoms with van der Waals surface area (Å²) in [6.07, 6.45) is 0.995. The zero-order valence-corrected chi connectivity index (χ0v) is 13.4. The van der Waals surface area contributed by atoms with E-state index in [2.05, 4.69) is 22.4 Å². The van der Waals surface area contributed by atoms with Gasteiger partial charge in [0.15, 0.2) is 11.5 Å². The fourth-order valence-electron chi connectivity index (χ4n) is 2.79. The molecule has 2 heterocycles. The molecule has 0 fully saturated rings. The quantitative estimate of drug-likeness (QED) is 0.618. The van der Waals surface area contributed by atoms with Crippen LogP contribution in [0.2, 0.25) is 0 Å². The number of rotatable bonds is 3. The van der Waals surface area contributed by atoms with Crippen molar-refractivity contribution in [2.45, 2.75) is 6.10 Å². The van der Waals surface area contributed by atoms with E-state index in [1.807, 2.05) is 42.5 Å². The number of aromatic nitrogens is 1. The second-order valence-corrected chi connectivity index (χ2v) is 5.70. The van der Waals surface area contributed by atoms with Crippen molar-refractivity contribution in [2.75, 3.05) is 6.61 Å². The minimum Gasteiger partial charge on any atom is -0.485 e. The third-order valence-electron chi connectivity index (χ3n) is 4.04. The van der Waals surface area contributed by atoms with Crippen LogP contribution in [0.25, 0.3) is 23.7 Å². The molecular weight excluding hydrogens is 318 g/mol. The molecule has 0 saturated heterocycles. The lowest BCUT2D eigenvalue weighted by Gasteiger charge is -2.25. The first-order chi connectivity index (χ1) is 12.2. The first kappa shape index (κ1) is 15.1. The summed E-state index contributed by atoms with van der Waals surface area (Å²) in [5, 5.41) is 2.69. The number of hydrogen-bond donors (Lipinski definition) is 3. The van der Waals surface area contributed by atoms with Crippen molar-refractivity contribution in [3.05, 3.63) is 59.1 Å². The van der Waals surface area contributed by atoms with Gasteiger partial charge in [-0.05, 0) is 18.2 Å². The number of benzene rings is 2. The maximum absolute atomic E-state index is 12.3. The summed E-state index contributed by atoms with van der Waals surface area (Å²) in [5.41, 5.74) is 6.44. The molecule has 1 aliphatic heterocycles. The van der Waals surface area contributed by atoms with Crippen molar-refractivity contribution >= 4 is 29.6 Å². The predicted molar refractivity (Wildman–Crippen MR) is 95.2 cm³/mol. The van der Waals surface area contributed by atoms with Gasteiger partial charge in [-0.1, -0.05) is 36.9 Å². The average molecular weight is 335 g/mol. The summed E-state index contributed by atoms with van der Waals surface area (Å²) in [6, 6.07) is 15.1. The number of amides is 1. The van der Waals surface area contributed by atoms with E-state index in [0.717, 1.165) is 21.5 Å². The van der Waals surface area contributed by atoms with Gasteiger partial charge in [0.2, 0.25) is 6.10 Å². The van der Waals surface area contributed by atoms with Crippen LogP contribution in [0.3, 0.4) is 0 Å². The van der Waals surface area contributed by atoms with E-state index in [0.29, 0.717) is 11.5 Å². The Balaban J connectivity index is 1.46. The van der Waals surface area contributed by atoms with Crippen LogP contribution in [0.1, 0.15) is 0 Å². The summed E-state index contributed by atoms with van der Waals surface area (Å²) in [7, 11) is 0. The van der Waals surface area contributed by atoms with Crippen LogP contribution in [0, 0.1) is 0 Å². The van der Waals surface area contributed by atoms with Gasteiger partial charge in [0, 0.05) is 27.7 Å². The number of hydrazine groups is 1. The molecule has 0 saturated carbocycles. The first-order valence-electron chi connectivity index (χ1n) is 7.92. The average Bonchev–Trinajstić information content (AvgIpc) is 2.96. The lowest BCUT2D eigenvalue weighted by atomic mass is 10.2. The zero-order valence-electron chi connectivity index (χ0n) is 13.4. The highest BCUT2D eigenvalue weighted by atomic mass is 16.6. The molecule has 0 unspecified atom stereocenters. The molecule has 0 aliphatic carbocycles. The first-order valence-corrected chi connectivity index (χ1v) is 7.92. The highest BCUT2D eigenvalue weighted by Crippen LogP contribution is 2.30. The van der Waals surface area contributed by atoms with Crippen molar-refractivity contribution in [3.63, 3.8) is 0 Å². The molecule has 1 amide bonds. The number of carbonyl (C=O) groups excluding carboxylic acids is 1. The van der Waals surface area contributed by atoms with Gasteiger partial charge < -0.3 is 19.9 Å². The molecule has 6 nitrogen and oxygen atoms in total. The van der Waals surface area contributed by atoms with Crippen LogP contribution < -0.4 is 30.9 Å². The summed E-state index contributed by atoms with van der Waals surface area (Å²) >= 11 is 0. The standard InChI is InChI=1S/C19H17N3O3/c1-12-14(13-6-2-3-7-15(13)21-12)10-20-22-19(23)18-11-24-16-8-4-5-9-17(16)25-18/h2-10,18,20-21H,1,11H2,(H,22,23)/b14-10-/t18-/m1/s1. The van der Waals surface area contributed by atoms with Crippen LogP contribution >= 0.6 is 0 Å². The molecule has 4 rings (SSSR count). The van der Waals surface area contributed by atoms with Gasteiger partial charge in [0.1, 0.15) is 6.61 Å². The lowest BCUT2D eigenvalue weighted by molar-refractivity contribution is -0.130. The van der Waals surface area contributed by atoms with Crippen molar-refractivity contribution in [1.82, 2.24) is 15.8 Å². The van der Waals surface area contributed by atoms with Crippen LogP contribution in [-0.2, 0) is 4.79 Å². The van der Waals surface area contributed by atoms with Gasteiger partial charge >= 0.3 is 0 Å². The Kier molecular flexibility index (Phi) is 3.78. The summed E-state index contributed by atoms with van der Waals surface area (Å²) in [6.45, 7) is 4.15. The van der Waals surface area contributed by atoms with E-state index in [9.17, 15) is 4.79 Å². The Morgan fingerprint density at radius 3 is 2.80 bits per heavy atom. The minimum absolute atomic E-state index is 0.165. The van der Waals surface area contributed by atoms with Gasteiger partial charge in [-0.2, -0.15) is 0 Å². The highest BCUT2D eigenvalue weighted by molar-refractivity contribution is 5.82. The smallest absolute Gasteiger partial charge is 0.282 e. The Morgan fingerprint density at radius 1 is 1.16 bits per heavy atom. The minimum atomic E-state index is -0.710. The second-order valence-electron chi connectivity index (χ2n) is 5.70. The monoisotopic (exact) mass is 335 g/mol. The molecule has 2 aromatic carbocycles. The fraction of sp³-hybridized carbons (Fsp3) is 0.105. The van der Waals surface area contributed by atoms with Crippen LogP contribution in [0.5, 0.6) is 11.5 Å². The molecule has 3 N–H and O–H groups in total. The molecule has 0 spiro atoms. The number of carbonyl (C=O) groups is 1. The maximum Gasteiger partial charge on any atom is 0.282 e. The van der Waals surface area contributed by atoms with Crippen molar-refractivity contribution < 1.29 is 14.3 Å². The highest BCUT2D eigenvalue weighted by Gasteiger charge is 2.26. The number of H-pyrrole nitrogens is 1. The molecule has 0 radical (unpaired) electrons. The van der Waals surface area contributed by atoms with Gasteiger partial charge in [0.05, 0.1) is 0 Å².